The molecule has 3 rings (SSSR count). The Bertz CT molecular complexity index is 1170. The third-order valence-electron chi connectivity index (χ3n) is 4.41. The van der Waals surface area contributed by atoms with Gasteiger partial charge in [0.15, 0.2) is 4.75 Å². The molecule has 1 unspecified atom stereocenters. The summed E-state index contributed by atoms with van der Waals surface area (Å²) in [6, 6.07) is 12.5. The van der Waals surface area contributed by atoms with Crippen molar-refractivity contribution in [2.75, 3.05) is 0 Å². The van der Waals surface area contributed by atoms with Crippen molar-refractivity contribution in [3.8, 4) is 11.5 Å². The van der Waals surface area contributed by atoms with E-state index in [1.165, 1.54) is 42.5 Å². The highest BCUT2D eigenvalue weighted by Gasteiger charge is 2.53. The number of phenolic OH excluding ortho intramolecular Hbond substituents is 2. The van der Waals surface area contributed by atoms with Crippen molar-refractivity contribution >= 4 is 56.5 Å². The van der Waals surface area contributed by atoms with Crippen LogP contribution in [-0.2, 0) is 14.9 Å². The molecule has 0 amide bonds. The van der Waals surface area contributed by atoms with Gasteiger partial charge in [-0.15, -0.1) is 0 Å². The molecular formula is C19H12Cl4O5S. The van der Waals surface area contributed by atoms with Gasteiger partial charge >= 0.3 is 0 Å². The van der Waals surface area contributed by atoms with Crippen molar-refractivity contribution in [1.29, 1.82) is 0 Å². The van der Waals surface area contributed by atoms with Gasteiger partial charge in [-0.25, -0.2) is 0 Å². The minimum absolute atomic E-state index is 0.000432. The highest BCUT2D eigenvalue weighted by atomic mass is 35.5. The minimum Gasteiger partial charge on any atom is -0.506 e. The van der Waals surface area contributed by atoms with Gasteiger partial charge in [0, 0.05) is 17.2 Å². The van der Waals surface area contributed by atoms with E-state index in [2.05, 4.69) is 0 Å². The van der Waals surface area contributed by atoms with Crippen molar-refractivity contribution in [3.63, 3.8) is 0 Å². The lowest BCUT2D eigenvalue weighted by atomic mass is 9.83. The number of hydrogen-bond acceptors (Lipinski definition) is 4. The van der Waals surface area contributed by atoms with Crippen molar-refractivity contribution in [1.82, 2.24) is 0 Å². The molecule has 0 heterocycles. The van der Waals surface area contributed by atoms with E-state index < -0.39 is 42.0 Å². The second-order valence-corrected chi connectivity index (χ2v) is 9.15. The lowest BCUT2D eigenvalue weighted by molar-refractivity contribution is 0.444. The van der Waals surface area contributed by atoms with Gasteiger partial charge in [-0.05, 0) is 11.6 Å². The summed E-state index contributed by atoms with van der Waals surface area (Å²) in [5.41, 5.74) is -0.647. The average molecular weight is 494 g/mol. The Labute approximate surface area is 186 Å². The van der Waals surface area contributed by atoms with Gasteiger partial charge in [0.1, 0.15) is 11.5 Å². The molecule has 0 fully saturated rings. The Hall–Kier alpha value is -1.67. The first-order chi connectivity index (χ1) is 13.5. The van der Waals surface area contributed by atoms with E-state index in [9.17, 15) is 23.2 Å². The van der Waals surface area contributed by atoms with Gasteiger partial charge in [-0.2, -0.15) is 8.42 Å². The van der Waals surface area contributed by atoms with Crippen LogP contribution in [0, 0.1) is 0 Å². The smallest absolute Gasteiger partial charge is 0.283 e. The number of phenols is 2. The molecule has 0 bridgehead atoms. The molecule has 0 spiro atoms. The molecule has 0 aliphatic carbocycles. The van der Waals surface area contributed by atoms with Crippen LogP contribution in [0.1, 0.15) is 16.7 Å². The molecule has 152 valence electrons. The van der Waals surface area contributed by atoms with E-state index in [0.29, 0.717) is 0 Å². The lowest BCUT2D eigenvalue weighted by Gasteiger charge is -2.34. The van der Waals surface area contributed by atoms with Gasteiger partial charge < -0.3 is 10.2 Å². The number of aromatic hydroxyl groups is 2. The zero-order valence-electron chi connectivity index (χ0n) is 14.3. The number of rotatable bonds is 4. The summed E-state index contributed by atoms with van der Waals surface area (Å²) in [6.45, 7) is 0. The first-order valence-electron chi connectivity index (χ1n) is 7.91. The highest BCUT2D eigenvalue weighted by molar-refractivity contribution is 7.87. The summed E-state index contributed by atoms with van der Waals surface area (Å²) >= 11 is 25.0. The van der Waals surface area contributed by atoms with Crippen LogP contribution in [-0.4, -0.2) is 23.2 Å². The van der Waals surface area contributed by atoms with Crippen LogP contribution in [0.4, 0.5) is 0 Å². The summed E-state index contributed by atoms with van der Waals surface area (Å²) in [7, 11) is -5.14. The molecule has 0 saturated heterocycles. The molecule has 3 aromatic rings. The van der Waals surface area contributed by atoms with E-state index in [1.54, 1.807) is 6.07 Å². The second-order valence-electron chi connectivity index (χ2n) is 6.04. The zero-order valence-corrected chi connectivity index (χ0v) is 18.1. The molecule has 10 heteroatoms. The molecule has 5 nitrogen and oxygen atoms in total. The van der Waals surface area contributed by atoms with Crippen LogP contribution >= 0.6 is 46.4 Å². The Morgan fingerprint density at radius 3 is 1.83 bits per heavy atom. The molecule has 0 aliphatic rings. The molecule has 0 radical (unpaired) electrons. The third-order valence-corrected chi connectivity index (χ3v) is 7.43. The van der Waals surface area contributed by atoms with Crippen molar-refractivity contribution in [3.05, 3.63) is 91.4 Å². The van der Waals surface area contributed by atoms with Gasteiger partial charge in [-0.3, -0.25) is 4.55 Å². The van der Waals surface area contributed by atoms with E-state index in [1.807, 2.05) is 0 Å². The molecule has 0 saturated carbocycles. The maximum absolute atomic E-state index is 13.0. The SMILES string of the molecule is O=S(=O)(O)C(c1ccccc1)(c1cccc(Cl)c1Cl)c1c(Cl)c(O)cc(O)c1Cl. The summed E-state index contributed by atoms with van der Waals surface area (Å²) in [5, 5.41) is 19.2. The fourth-order valence-corrected chi connectivity index (χ4v) is 5.80. The molecular weight excluding hydrogens is 482 g/mol. The Kier molecular flexibility index (Phi) is 5.98. The van der Waals surface area contributed by atoms with E-state index >= 15 is 0 Å². The van der Waals surface area contributed by atoms with E-state index in [0.717, 1.165) is 6.07 Å². The summed E-state index contributed by atoms with van der Waals surface area (Å²) < 4.78 is 34.0. The van der Waals surface area contributed by atoms with Crippen molar-refractivity contribution in [2.24, 2.45) is 0 Å². The fourth-order valence-electron chi connectivity index (χ4n) is 3.22. The monoisotopic (exact) mass is 492 g/mol. The topological polar surface area (TPSA) is 94.8 Å². The Morgan fingerprint density at radius 2 is 1.31 bits per heavy atom. The number of benzene rings is 3. The van der Waals surface area contributed by atoms with Gasteiger partial charge in [0.2, 0.25) is 0 Å². The molecule has 29 heavy (non-hydrogen) atoms. The minimum atomic E-state index is -5.14. The predicted octanol–water partition coefficient (Wildman–Crippen LogP) is 5.89. The molecule has 3 aromatic carbocycles. The van der Waals surface area contributed by atoms with Crippen LogP contribution < -0.4 is 0 Å². The quantitative estimate of drug-likeness (QED) is 0.311. The largest absolute Gasteiger partial charge is 0.506 e. The van der Waals surface area contributed by atoms with E-state index in [4.69, 9.17) is 46.4 Å². The number of halogens is 4. The van der Waals surface area contributed by atoms with Crippen molar-refractivity contribution < 1.29 is 23.2 Å². The average Bonchev–Trinajstić information content (AvgIpc) is 2.66. The third kappa shape index (κ3) is 3.44. The Balaban J connectivity index is 2.70. The Morgan fingerprint density at radius 1 is 0.759 bits per heavy atom. The van der Waals surface area contributed by atoms with Crippen LogP contribution in [0.3, 0.4) is 0 Å². The van der Waals surface area contributed by atoms with Crippen molar-refractivity contribution in [2.45, 2.75) is 4.75 Å². The summed E-state index contributed by atoms with van der Waals surface area (Å²) in [6.07, 6.45) is 0. The summed E-state index contributed by atoms with van der Waals surface area (Å²) in [5.74, 6) is -1.30. The fraction of sp³-hybridized carbons (Fsp3) is 0.0526. The highest BCUT2D eigenvalue weighted by Crippen LogP contribution is 2.55. The predicted molar refractivity (Wildman–Crippen MR) is 114 cm³/mol. The first kappa shape index (κ1) is 22.0. The normalized spacial score (nSPS) is 13.8. The molecule has 0 aromatic heterocycles. The zero-order chi connectivity index (χ0) is 21.6. The van der Waals surface area contributed by atoms with Gasteiger partial charge in [-0.1, -0.05) is 88.9 Å². The molecule has 3 N–H and O–H groups in total. The molecule has 0 aliphatic heterocycles. The van der Waals surface area contributed by atoms with Gasteiger partial charge in [0.05, 0.1) is 20.1 Å². The summed E-state index contributed by atoms with van der Waals surface area (Å²) in [4.78, 5) is 0. The van der Waals surface area contributed by atoms with Crippen LogP contribution in [0.5, 0.6) is 11.5 Å². The lowest BCUT2D eigenvalue weighted by Crippen LogP contribution is -2.39. The maximum Gasteiger partial charge on any atom is 0.283 e. The second kappa shape index (κ2) is 7.87. The van der Waals surface area contributed by atoms with Crippen LogP contribution in [0.2, 0.25) is 20.1 Å². The maximum atomic E-state index is 13.0. The number of hydrogen-bond donors (Lipinski definition) is 3. The van der Waals surface area contributed by atoms with Crippen LogP contribution in [0.25, 0.3) is 0 Å². The molecule has 1 atom stereocenters. The van der Waals surface area contributed by atoms with Gasteiger partial charge in [0.25, 0.3) is 10.1 Å². The van der Waals surface area contributed by atoms with E-state index in [-0.39, 0.29) is 21.2 Å². The standard InChI is InChI=1S/C19H12Cl4O5S/c20-12-8-4-7-11(16(12)21)19(29(26,27)28,10-5-2-1-3-6-10)15-17(22)13(24)9-14(25)18(15)23/h1-9,24-25H,(H,26,27,28). The van der Waals surface area contributed by atoms with Crippen LogP contribution in [0.15, 0.2) is 54.6 Å². The first-order valence-corrected chi connectivity index (χ1v) is 10.9.